The molecule has 3 saturated heterocycles. The van der Waals surface area contributed by atoms with Gasteiger partial charge < -0.3 is 71.1 Å². The Morgan fingerprint density at radius 3 is 1.03 bits per heavy atom. The first-order valence-corrected chi connectivity index (χ1v) is 33.2. The fourth-order valence-electron chi connectivity index (χ4n) is 12.0. The molecule has 0 N–H and O–H groups in total. The molecule has 0 bridgehead atoms. The minimum Gasteiger partial charge on any atom is -0.452 e. The van der Waals surface area contributed by atoms with Crippen molar-refractivity contribution in [3.63, 3.8) is 0 Å². The van der Waals surface area contributed by atoms with E-state index in [1.807, 2.05) is 182 Å². The van der Waals surface area contributed by atoms with Gasteiger partial charge in [0, 0.05) is 7.11 Å². The van der Waals surface area contributed by atoms with E-state index in [0.29, 0.717) is 0 Å². The van der Waals surface area contributed by atoms with E-state index in [1.165, 1.54) is 0 Å². The molecule has 0 amide bonds. The van der Waals surface area contributed by atoms with E-state index in [-0.39, 0.29) is 69.5 Å². The van der Waals surface area contributed by atoms with E-state index in [0.717, 1.165) is 33.4 Å². The zero-order valence-corrected chi connectivity index (χ0v) is 54.8. The SMILES string of the molecule is CO[C@H]1O[C@H](COCc2ccccc2)[C@@H](O[C@@H]2O[C@H](COCc3ccccc3)[C@@H](OCc3ccccc3)[C@H](OCc3ccccc3)[C@@H]2O[C@@H]2OC[C@@H](OC(=O)c3ccccc3)[C@H](OC(=O)c3ccccc3)[C@H]2OC(=O)c2ccccc2)[C@H](OCc2ccccc2)[C@H]1OCc1ccccc1. The Kier molecular flexibility index (Phi) is 25.5. The Labute approximate surface area is 576 Å². The largest absolute Gasteiger partial charge is 0.452 e. The van der Waals surface area contributed by atoms with Gasteiger partial charge in [-0.15, -0.1) is 0 Å². The van der Waals surface area contributed by atoms with Gasteiger partial charge in [-0.2, -0.15) is 0 Å². The maximum absolute atomic E-state index is 14.9. The van der Waals surface area contributed by atoms with Gasteiger partial charge in [-0.1, -0.05) is 237 Å². The summed E-state index contributed by atoms with van der Waals surface area (Å²) >= 11 is 0. The highest BCUT2D eigenvalue weighted by Gasteiger charge is 2.57. The monoisotopic (exact) mass is 1340 g/mol. The van der Waals surface area contributed by atoms with E-state index in [2.05, 4.69) is 0 Å². The molecule has 3 heterocycles. The van der Waals surface area contributed by atoms with Crippen molar-refractivity contribution in [2.75, 3.05) is 26.9 Å². The Morgan fingerprint density at radius 1 is 0.313 bits per heavy atom. The van der Waals surface area contributed by atoms with Crippen LogP contribution in [-0.2, 0) is 111 Å². The van der Waals surface area contributed by atoms with Gasteiger partial charge in [-0.3, -0.25) is 0 Å². The Balaban J connectivity index is 1.00. The number of hydrogen-bond acceptors (Lipinski definition) is 18. The first-order valence-electron chi connectivity index (χ1n) is 33.2. The molecule has 0 unspecified atom stereocenters. The van der Waals surface area contributed by atoms with Crippen molar-refractivity contribution in [3.05, 3.63) is 323 Å². The third kappa shape index (κ3) is 19.4. The summed E-state index contributed by atoms with van der Waals surface area (Å²) < 4.78 is 104. The Morgan fingerprint density at radius 2 is 0.626 bits per heavy atom. The van der Waals surface area contributed by atoms with Crippen molar-refractivity contribution >= 4 is 17.9 Å². The summed E-state index contributed by atoms with van der Waals surface area (Å²) in [7, 11) is 1.54. The van der Waals surface area contributed by atoms with Crippen molar-refractivity contribution in [1.82, 2.24) is 0 Å². The maximum atomic E-state index is 14.9. The summed E-state index contributed by atoms with van der Waals surface area (Å²) in [5.41, 5.74) is 5.70. The van der Waals surface area contributed by atoms with Crippen LogP contribution in [0.25, 0.3) is 0 Å². The number of methoxy groups -OCH3 is 1. The lowest BCUT2D eigenvalue weighted by atomic mass is 9.95. The predicted molar refractivity (Wildman–Crippen MR) is 363 cm³/mol. The molecule has 18 nitrogen and oxygen atoms in total. The summed E-state index contributed by atoms with van der Waals surface area (Å²) in [6.45, 7) is 0.125. The van der Waals surface area contributed by atoms with Crippen LogP contribution in [0.1, 0.15) is 64.5 Å². The number of ether oxygens (including phenoxy) is 15. The van der Waals surface area contributed by atoms with Gasteiger partial charge >= 0.3 is 17.9 Å². The number of esters is 3. The summed E-state index contributed by atoms with van der Waals surface area (Å²) in [6, 6.07) is 83.1. The summed E-state index contributed by atoms with van der Waals surface area (Å²) in [6.07, 6.45) is -17.9. The number of hydrogen-bond donors (Lipinski definition) is 0. The van der Waals surface area contributed by atoms with Crippen molar-refractivity contribution < 1.29 is 85.4 Å². The molecular weight excluding hydrogens is 1260 g/mol. The molecule has 99 heavy (non-hydrogen) atoms. The van der Waals surface area contributed by atoms with Crippen LogP contribution in [0.3, 0.4) is 0 Å². The quantitative estimate of drug-likeness (QED) is 0.0294. The minimum absolute atomic E-state index is 0.00384. The first-order chi connectivity index (χ1) is 48.8. The van der Waals surface area contributed by atoms with Gasteiger partial charge in [0.2, 0.25) is 0 Å². The van der Waals surface area contributed by atoms with Crippen LogP contribution < -0.4 is 0 Å². The van der Waals surface area contributed by atoms with E-state index < -0.39 is 111 Å². The molecule has 0 spiro atoms. The van der Waals surface area contributed by atoms with Crippen molar-refractivity contribution in [2.24, 2.45) is 0 Å². The lowest BCUT2D eigenvalue weighted by Gasteiger charge is -2.51. The van der Waals surface area contributed by atoms with Crippen LogP contribution in [0.15, 0.2) is 273 Å². The third-order valence-electron chi connectivity index (χ3n) is 17.1. The highest BCUT2D eigenvalue weighted by atomic mass is 16.8. The molecule has 12 rings (SSSR count). The van der Waals surface area contributed by atoms with Crippen LogP contribution in [0, 0.1) is 0 Å². The lowest BCUT2D eigenvalue weighted by Crippen LogP contribution is -2.68. The molecule has 9 aromatic carbocycles. The van der Waals surface area contributed by atoms with Crippen molar-refractivity contribution in [2.45, 2.75) is 126 Å². The molecule has 0 aliphatic carbocycles. The van der Waals surface area contributed by atoms with Gasteiger partial charge in [0.1, 0.15) is 48.8 Å². The zero-order chi connectivity index (χ0) is 67.8. The molecule has 0 saturated carbocycles. The molecule has 3 fully saturated rings. The molecule has 14 atom stereocenters. The number of benzene rings is 9. The zero-order valence-electron chi connectivity index (χ0n) is 54.8. The second-order valence-corrected chi connectivity index (χ2v) is 24.1. The Bertz CT molecular complexity index is 3830. The molecule has 512 valence electrons. The van der Waals surface area contributed by atoms with Crippen LogP contribution >= 0.6 is 0 Å². The average molecular weight is 1340 g/mol. The fourth-order valence-corrected chi connectivity index (χ4v) is 12.0. The highest BCUT2D eigenvalue weighted by molar-refractivity contribution is 5.91. The molecule has 18 heteroatoms. The van der Waals surface area contributed by atoms with Gasteiger partial charge in [0.15, 0.2) is 37.2 Å². The molecule has 9 aromatic rings. The van der Waals surface area contributed by atoms with E-state index in [9.17, 15) is 14.4 Å². The highest BCUT2D eigenvalue weighted by Crippen LogP contribution is 2.39. The van der Waals surface area contributed by atoms with Gasteiger partial charge in [0.25, 0.3) is 0 Å². The second-order valence-electron chi connectivity index (χ2n) is 24.1. The van der Waals surface area contributed by atoms with E-state index >= 15 is 0 Å². The number of carbonyl (C=O) groups excluding carboxylic acids is 3. The van der Waals surface area contributed by atoms with Crippen LogP contribution in [0.4, 0.5) is 0 Å². The maximum Gasteiger partial charge on any atom is 0.338 e. The molecular formula is C81H80O18. The third-order valence-corrected chi connectivity index (χ3v) is 17.1. The smallest absolute Gasteiger partial charge is 0.338 e. The van der Waals surface area contributed by atoms with Crippen LogP contribution in [0.5, 0.6) is 0 Å². The van der Waals surface area contributed by atoms with Crippen molar-refractivity contribution in [1.29, 1.82) is 0 Å². The Hall–Kier alpha value is -9.09. The summed E-state index contributed by atoms with van der Waals surface area (Å²) in [4.78, 5) is 43.7. The lowest BCUT2D eigenvalue weighted by molar-refractivity contribution is -0.392. The fraction of sp³-hybridized carbons (Fsp3) is 0.296. The molecule has 3 aliphatic heterocycles. The predicted octanol–water partition coefficient (Wildman–Crippen LogP) is 12.7. The summed E-state index contributed by atoms with van der Waals surface area (Å²) in [5, 5.41) is 0. The van der Waals surface area contributed by atoms with Crippen LogP contribution in [0.2, 0.25) is 0 Å². The number of rotatable bonds is 31. The van der Waals surface area contributed by atoms with Gasteiger partial charge in [0.05, 0.1) is 76.2 Å². The standard InChI is InChI=1S/C81H80O18/c1-85-79-73(91-52-61-39-21-7-22-40-61)72(90-51-60-37-19-6-20-38-60)69(66(94-79)54-87-48-57-31-13-3-14-32-57)98-81-75(71(89-50-59-35-17-5-18-36-59)68(88-49-58-33-15-4-16-34-58)65(95-81)53-86-47-56-29-11-2-12-30-56)99-80-74(97-78(84)64-45-27-10-28-46-64)70(96-77(83)63-43-25-9-26-44-63)67(55-92-80)93-76(82)62-41-23-8-24-42-62/h2-46,65-75,79-81H,47-55H2,1H3/t65-,66-,67-,68-,69-,70+,71+,72+,73-,74-,75+,79+,80+,81+/m1/s1. The van der Waals surface area contributed by atoms with E-state index in [4.69, 9.17) is 71.1 Å². The summed E-state index contributed by atoms with van der Waals surface area (Å²) in [5.74, 6) is -2.43. The van der Waals surface area contributed by atoms with Gasteiger partial charge in [-0.25, -0.2) is 14.4 Å². The van der Waals surface area contributed by atoms with Crippen molar-refractivity contribution in [3.8, 4) is 0 Å². The average Bonchev–Trinajstić information content (AvgIpc) is 0.772. The first kappa shape index (κ1) is 69.8. The topological polar surface area (TPSA) is 190 Å². The molecule has 0 aromatic heterocycles. The van der Waals surface area contributed by atoms with E-state index in [1.54, 1.807) is 98.1 Å². The van der Waals surface area contributed by atoms with Gasteiger partial charge in [-0.05, 0) is 69.8 Å². The molecule has 0 radical (unpaired) electrons. The minimum atomic E-state index is -1.71. The molecule has 3 aliphatic rings. The van der Waals surface area contributed by atoms with Crippen LogP contribution in [-0.4, -0.2) is 131 Å². The second kappa shape index (κ2) is 36.1. The normalized spacial score (nSPS) is 24.5. The number of carbonyl (C=O) groups is 3.